The summed E-state index contributed by atoms with van der Waals surface area (Å²) in [5, 5.41) is 2.10. The van der Waals surface area contributed by atoms with Gasteiger partial charge in [0.25, 0.3) is 0 Å². The lowest BCUT2D eigenvalue weighted by atomic mass is 9.72. The minimum atomic E-state index is -0.00418. The summed E-state index contributed by atoms with van der Waals surface area (Å²) in [6.07, 6.45) is 2.14. The molecule has 1 aliphatic heterocycles. The largest absolute Gasteiger partial charge is 0.398 e. The molecule has 4 heteroatoms. The molecule has 3 aromatic rings. The van der Waals surface area contributed by atoms with Gasteiger partial charge in [0.1, 0.15) is 0 Å². The van der Waals surface area contributed by atoms with Gasteiger partial charge in [0, 0.05) is 22.5 Å². The van der Waals surface area contributed by atoms with Gasteiger partial charge in [-0.1, -0.05) is 54.6 Å². The Morgan fingerprint density at radius 3 is 2.39 bits per heavy atom. The lowest BCUT2D eigenvalue weighted by Crippen LogP contribution is -2.45. The van der Waals surface area contributed by atoms with Crippen molar-refractivity contribution in [1.29, 1.82) is 0 Å². The van der Waals surface area contributed by atoms with Crippen LogP contribution in [0, 0.1) is 0 Å². The predicted molar refractivity (Wildman–Crippen MR) is 117 cm³/mol. The van der Waals surface area contributed by atoms with E-state index in [1.807, 2.05) is 12.1 Å². The SMILES string of the molecule is Nc1ccccc1C1(COCc2cccs2)CCN(Cc2ccccc2)CC1. The number of benzene rings is 2. The van der Waals surface area contributed by atoms with E-state index < -0.39 is 0 Å². The highest BCUT2D eigenvalue weighted by Gasteiger charge is 2.37. The molecule has 2 aromatic carbocycles. The van der Waals surface area contributed by atoms with Gasteiger partial charge < -0.3 is 10.5 Å². The summed E-state index contributed by atoms with van der Waals surface area (Å²) in [6.45, 7) is 4.53. The van der Waals surface area contributed by atoms with Crippen LogP contribution in [0.1, 0.15) is 28.8 Å². The van der Waals surface area contributed by atoms with E-state index in [9.17, 15) is 0 Å². The summed E-state index contributed by atoms with van der Waals surface area (Å²) >= 11 is 1.75. The number of nitrogen functional groups attached to an aromatic ring is 1. The van der Waals surface area contributed by atoms with Crippen molar-refractivity contribution in [3.05, 3.63) is 88.1 Å². The molecule has 1 saturated heterocycles. The second-order valence-electron chi connectivity index (χ2n) is 7.70. The Bertz CT molecular complexity index is 855. The van der Waals surface area contributed by atoms with E-state index in [0.717, 1.165) is 44.8 Å². The molecule has 0 unspecified atom stereocenters. The molecule has 28 heavy (non-hydrogen) atoms. The van der Waals surface area contributed by atoms with Crippen LogP contribution in [0.4, 0.5) is 5.69 Å². The first-order valence-corrected chi connectivity index (χ1v) is 10.8. The van der Waals surface area contributed by atoms with Gasteiger partial charge in [-0.25, -0.2) is 0 Å². The normalized spacial score (nSPS) is 16.9. The molecule has 1 aliphatic rings. The van der Waals surface area contributed by atoms with Gasteiger partial charge >= 0.3 is 0 Å². The average molecular weight is 393 g/mol. The molecule has 0 atom stereocenters. The van der Waals surface area contributed by atoms with Crippen molar-refractivity contribution in [1.82, 2.24) is 4.90 Å². The third kappa shape index (κ3) is 4.46. The van der Waals surface area contributed by atoms with E-state index in [1.54, 1.807) is 11.3 Å². The third-order valence-electron chi connectivity index (χ3n) is 5.80. The third-order valence-corrected chi connectivity index (χ3v) is 6.65. The molecule has 0 saturated carbocycles. The molecule has 0 bridgehead atoms. The number of rotatable bonds is 7. The number of piperidine rings is 1. The number of para-hydroxylation sites is 1. The first-order chi connectivity index (χ1) is 13.8. The maximum absolute atomic E-state index is 6.39. The Kier molecular flexibility index (Phi) is 6.10. The maximum Gasteiger partial charge on any atom is 0.0809 e. The van der Waals surface area contributed by atoms with Gasteiger partial charge in [0.05, 0.1) is 13.2 Å². The van der Waals surface area contributed by atoms with Crippen LogP contribution in [0.5, 0.6) is 0 Å². The number of thiophene rings is 1. The quantitative estimate of drug-likeness (QED) is 0.570. The molecule has 0 spiro atoms. The lowest BCUT2D eigenvalue weighted by molar-refractivity contribution is 0.0360. The van der Waals surface area contributed by atoms with Crippen molar-refractivity contribution in [2.75, 3.05) is 25.4 Å². The van der Waals surface area contributed by atoms with Crippen molar-refractivity contribution in [2.24, 2.45) is 0 Å². The number of nitrogens with zero attached hydrogens (tertiary/aromatic N) is 1. The summed E-state index contributed by atoms with van der Waals surface area (Å²) in [7, 11) is 0. The fourth-order valence-electron chi connectivity index (χ4n) is 4.19. The first-order valence-electron chi connectivity index (χ1n) is 9.97. The van der Waals surface area contributed by atoms with E-state index in [4.69, 9.17) is 10.5 Å². The fourth-order valence-corrected chi connectivity index (χ4v) is 4.83. The summed E-state index contributed by atoms with van der Waals surface area (Å²) in [6, 6.07) is 23.3. The average Bonchev–Trinajstić information content (AvgIpc) is 3.24. The summed E-state index contributed by atoms with van der Waals surface area (Å²) in [4.78, 5) is 3.82. The van der Waals surface area contributed by atoms with Gasteiger partial charge in [-0.05, 0) is 54.6 Å². The van der Waals surface area contributed by atoms with Gasteiger partial charge in [-0.15, -0.1) is 11.3 Å². The van der Waals surface area contributed by atoms with E-state index in [0.29, 0.717) is 6.61 Å². The zero-order chi connectivity index (χ0) is 19.2. The Labute approximate surface area is 171 Å². The molecule has 2 N–H and O–H groups in total. The molecule has 0 amide bonds. The highest BCUT2D eigenvalue weighted by atomic mass is 32.1. The molecule has 4 rings (SSSR count). The van der Waals surface area contributed by atoms with E-state index in [-0.39, 0.29) is 5.41 Å². The number of ether oxygens (including phenoxy) is 1. The van der Waals surface area contributed by atoms with Crippen molar-refractivity contribution >= 4 is 17.0 Å². The molecule has 2 heterocycles. The highest BCUT2D eigenvalue weighted by Crippen LogP contribution is 2.39. The van der Waals surface area contributed by atoms with E-state index in [2.05, 4.69) is 64.9 Å². The van der Waals surface area contributed by atoms with Crippen molar-refractivity contribution in [3.63, 3.8) is 0 Å². The van der Waals surface area contributed by atoms with Gasteiger partial charge in [-0.2, -0.15) is 0 Å². The Balaban J connectivity index is 1.46. The summed E-state index contributed by atoms with van der Waals surface area (Å²) < 4.78 is 6.22. The molecule has 3 nitrogen and oxygen atoms in total. The zero-order valence-electron chi connectivity index (χ0n) is 16.2. The second-order valence-corrected chi connectivity index (χ2v) is 8.73. The smallest absolute Gasteiger partial charge is 0.0809 e. The maximum atomic E-state index is 6.39. The highest BCUT2D eigenvalue weighted by molar-refractivity contribution is 7.09. The van der Waals surface area contributed by atoms with Crippen LogP contribution < -0.4 is 5.73 Å². The van der Waals surface area contributed by atoms with Crippen LogP contribution in [0.3, 0.4) is 0 Å². The predicted octanol–water partition coefficient (Wildman–Crippen LogP) is 5.08. The minimum Gasteiger partial charge on any atom is -0.398 e. The number of likely N-dealkylation sites (tertiary alicyclic amines) is 1. The molecule has 1 fully saturated rings. The van der Waals surface area contributed by atoms with Crippen LogP contribution >= 0.6 is 11.3 Å². The van der Waals surface area contributed by atoms with Crippen LogP contribution in [0.15, 0.2) is 72.1 Å². The summed E-state index contributed by atoms with van der Waals surface area (Å²) in [5.41, 5.74) is 9.91. The van der Waals surface area contributed by atoms with Crippen molar-refractivity contribution in [2.45, 2.75) is 31.4 Å². The Morgan fingerprint density at radius 1 is 0.929 bits per heavy atom. The Hall–Kier alpha value is -2.14. The van der Waals surface area contributed by atoms with Gasteiger partial charge in [0.15, 0.2) is 0 Å². The van der Waals surface area contributed by atoms with Crippen LogP contribution in [-0.2, 0) is 23.3 Å². The standard InChI is InChI=1S/C24H28N2OS/c25-23-11-5-4-10-22(23)24(19-27-18-21-9-6-16-28-21)12-14-26(15-13-24)17-20-7-2-1-3-8-20/h1-11,16H,12-15,17-19,25H2. The van der Waals surface area contributed by atoms with Gasteiger partial charge in [0.2, 0.25) is 0 Å². The van der Waals surface area contributed by atoms with Crippen molar-refractivity contribution < 1.29 is 4.74 Å². The molecule has 146 valence electrons. The number of hydrogen-bond donors (Lipinski definition) is 1. The number of hydrogen-bond acceptors (Lipinski definition) is 4. The first kappa shape index (κ1) is 19.2. The van der Waals surface area contributed by atoms with Gasteiger partial charge in [-0.3, -0.25) is 4.90 Å². The second kappa shape index (κ2) is 8.91. The Morgan fingerprint density at radius 2 is 1.68 bits per heavy atom. The molecule has 0 aliphatic carbocycles. The van der Waals surface area contributed by atoms with E-state index >= 15 is 0 Å². The molecule has 1 aromatic heterocycles. The lowest BCUT2D eigenvalue weighted by Gasteiger charge is -2.42. The monoisotopic (exact) mass is 392 g/mol. The number of nitrogens with two attached hydrogens (primary N) is 1. The van der Waals surface area contributed by atoms with Crippen molar-refractivity contribution in [3.8, 4) is 0 Å². The van der Waals surface area contributed by atoms with Crippen LogP contribution in [-0.4, -0.2) is 24.6 Å². The van der Waals surface area contributed by atoms with Crippen LogP contribution in [0.25, 0.3) is 0 Å². The summed E-state index contributed by atoms with van der Waals surface area (Å²) in [5.74, 6) is 0. The molecule has 0 radical (unpaired) electrons. The zero-order valence-corrected chi connectivity index (χ0v) is 17.0. The molecular formula is C24H28N2OS. The fraction of sp³-hybridized carbons (Fsp3) is 0.333. The number of anilines is 1. The van der Waals surface area contributed by atoms with Crippen LogP contribution in [0.2, 0.25) is 0 Å². The topological polar surface area (TPSA) is 38.5 Å². The molecular weight excluding hydrogens is 364 g/mol. The minimum absolute atomic E-state index is 0.00418. The van der Waals surface area contributed by atoms with E-state index in [1.165, 1.54) is 16.0 Å².